The molecule has 2 aliphatic heterocycles. The Labute approximate surface area is 118 Å². The monoisotopic (exact) mass is 356 g/mol. The van der Waals surface area contributed by atoms with Gasteiger partial charge < -0.3 is 4.74 Å². The fourth-order valence-electron chi connectivity index (χ4n) is 3.26. The van der Waals surface area contributed by atoms with Crippen LogP contribution in [-0.4, -0.2) is 0 Å². The molecule has 0 aromatic heterocycles. The number of benzene rings is 1. The van der Waals surface area contributed by atoms with Gasteiger partial charge in [-0.1, -0.05) is 0 Å². The van der Waals surface area contributed by atoms with Crippen molar-refractivity contribution in [3.8, 4) is 0 Å². The van der Waals surface area contributed by atoms with E-state index in [-0.39, 0.29) is 11.2 Å². The summed E-state index contributed by atoms with van der Waals surface area (Å²) < 4.78 is 8.52. The zero-order valence-corrected chi connectivity index (χ0v) is 13.5. The van der Waals surface area contributed by atoms with E-state index < -0.39 is 0 Å². The molecule has 0 saturated heterocycles. The highest BCUT2D eigenvalue weighted by Crippen LogP contribution is 2.57. The Morgan fingerprint density at radius 3 is 1.59 bits per heavy atom. The van der Waals surface area contributed by atoms with E-state index >= 15 is 0 Å². The Kier molecular flexibility index (Phi) is 2.28. The number of hydrogen-bond acceptors (Lipinski definition) is 1. The van der Waals surface area contributed by atoms with Crippen molar-refractivity contribution < 1.29 is 4.74 Å². The maximum absolute atomic E-state index is 6.24. The molecule has 0 radical (unpaired) electrons. The van der Waals surface area contributed by atoms with Crippen molar-refractivity contribution in [3.05, 3.63) is 43.4 Å². The summed E-state index contributed by atoms with van der Waals surface area (Å²) in [5.74, 6) is 0. The fourth-order valence-corrected chi connectivity index (χ4v) is 4.25. The first-order valence-electron chi connectivity index (χ1n) is 5.70. The smallest absolute Gasteiger partial charge is 0.111 e. The maximum atomic E-state index is 6.24. The van der Waals surface area contributed by atoms with Crippen LogP contribution in [-0.2, 0) is 15.9 Å². The molecule has 1 aromatic rings. The van der Waals surface area contributed by atoms with E-state index in [1.165, 1.54) is 22.3 Å². The second kappa shape index (κ2) is 3.25. The van der Waals surface area contributed by atoms with Crippen LogP contribution in [0.4, 0.5) is 0 Å². The van der Waals surface area contributed by atoms with Crippen molar-refractivity contribution in [2.45, 2.75) is 38.9 Å². The molecule has 0 amide bonds. The lowest BCUT2D eigenvalue weighted by Crippen LogP contribution is -2.17. The predicted molar refractivity (Wildman–Crippen MR) is 76.2 cm³/mol. The number of hydrogen-bond donors (Lipinski definition) is 0. The van der Waals surface area contributed by atoms with Crippen LogP contribution in [0, 0.1) is 13.8 Å². The van der Waals surface area contributed by atoms with E-state index in [4.69, 9.17) is 4.74 Å². The van der Waals surface area contributed by atoms with Gasteiger partial charge in [0.1, 0.15) is 11.2 Å². The van der Waals surface area contributed by atoms with Crippen LogP contribution >= 0.6 is 31.9 Å². The molecule has 2 bridgehead atoms. The SMILES string of the molecule is Cc1c(Br)c(Br)c(C)c2c1C1(C)C=CC2(C)O1. The second-order valence-corrected chi connectivity index (χ2v) is 6.86. The number of ether oxygens (including phenoxy) is 1. The van der Waals surface area contributed by atoms with E-state index in [2.05, 4.69) is 71.7 Å². The summed E-state index contributed by atoms with van der Waals surface area (Å²) in [5.41, 5.74) is 4.68. The first-order valence-corrected chi connectivity index (χ1v) is 7.28. The molecule has 2 unspecified atom stereocenters. The van der Waals surface area contributed by atoms with Gasteiger partial charge in [0.05, 0.1) is 0 Å². The Hall–Kier alpha value is -0.120. The van der Waals surface area contributed by atoms with Crippen molar-refractivity contribution in [2.24, 2.45) is 0 Å². The lowest BCUT2D eigenvalue weighted by molar-refractivity contribution is -0.0498. The van der Waals surface area contributed by atoms with E-state index in [9.17, 15) is 0 Å². The molecule has 0 N–H and O–H groups in total. The van der Waals surface area contributed by atoms with Gasteiger partial charge >= 0.3 is 0 Å². The Morgan fingerprint density at radius 2 is 1.24 bits per heavy atom. The lowest BCUT2D eigenvalue weighted by atomic mass is 9.79. The minimum Gasteiger partial charge on any atom is -0.351 e. The molecule has 2 heterocycles. The summed E-state index contributed by atoms with van der Waals surface area (Å²) >= 11 is 7.34. The van der Waals surface area contributed by atoms with E-state index in [0.717, 1.165) is 8.95 Å². The molecule has 90 valence electrons. The topological polar surface area (TPSA) is 9.23 Å². The standard InChI is InChI=1S/C14H14Br2O/c1-7-9-10(8(2)12(16)11(7)15)14(4)6-5-13(9,3)17-14/h5-6H,1-4H3. The minimum atomic E-state index is -0.262. The first-order chi connectivity index (χ1) is 7.80. The Morgan fingerprint density at radius 1 is 0.882 bits per heavy atom. The quantitative estimate of drug-likeness (QED) is 0.602. The molecule has 3 rings (SSSR count). The van der Waals surface area contributed by atoms with Crippen LogP contribution < -0.4 is 0 Å². The van der Waals surface area contributed by atoms with Crippen molar-refractivity contribution in [2.75, 3.05) is 0 Å². The maximum Gasteiger partial charge on any atom is 0.111 e. The molecule has 1 nitrogen and oxygen atoms in total. The molecule has 2 atom stereocenters. The highest BCUT2D eigenvalue weighted by atomic mass is 79.9. The lowest BCUT2D eigenvalue weighted by Gasteiger charge is -2.24. The predicted octanol–water partition coefficient (Wildman–Crippen LogP) is 4.86. The third-order valence-electron chi connectivity index (χ3n) is 3.99. The van der Waals surface area contributed by atoms with Crippen LogP contribution in [0.2, 0.25) is 0 Å². The Bertz CT molecular complexity index is 527. The molecule has 17 heavy (non-hydrogen) atoms. The van der Waals surface area contributed by atoms with Gasteiger partial charge in [0.15, 0.2) is 0 Å². The molecule has 0 saturated carbocycles. The van der Waals surface area contributed by atoms with Gasteiger partial charge in [-0.2, -0.15) is 0 Å². The van der Waals surface area contributed by atoms with Crippen molar-refractivity contribution in [3.63, 3.8) is 0 Å². The zero-order valence-electron chi connectivity index (χ0n) is 10.3. The zero-order chi connectivity index (χ0) is 12.6. The first kappa shape index (κ1) is 11.9. The van der Waals surface area contributed by atoms with Crippen LogP contribution in [0.25, 0.3) is 0 Å². The Balaban J connectivity index is 2.47. The third-order valence-corrected chi connectivity index (χ3v) is 6.50. The van der Waals surface area contributed by atoms with Crippen molar-refractivity contribution in [1.29, 1.82) is 0 Å². The number of halogens is 2. The van der Waals surface area contributed by atoms with E-state index in [1.807, 2.05) is 0 Å². The van der Waals surface area contributed by atoms with Gasteiger partial charge in [0.2, 0.25) is 0 Å². The average Bonchev–Trinajstić information content (AvgIpc) is 2.69. The number of rotatable bonds is 0. The fraction of sp³-hybridized carbons (Fsp3) is 0.429. The molecule has 1 aromatic carbocycles. The third kappa shape index (κ3) is 1.28. The second-order valence-electron chi connectivity index (χ2n) is 5.28. The highest BCUT2D eigenvalue weighted by molar-refractivity contribution is 9.13. The summed E-state index contributed by atoms with van der Waals surface area (Å²) in [6.07, 6.45) is 4.37. The van der Waals surface area contributed by atoms with Crippen LogP contribution in [0.3, 0.4) is 0 Å². The van der Waals surface area contributed by atoms with Crippen LogP contribution in [0.15, 0.2) is 21.1 Å². The normalized spacial score (nSPS) is 33.3. The van der Waals surface area contributed by atoms with Crippen molar-refractivity contribution in [1.82, 2.24) is 0 Å². The van der Waals surface area contributed by atoms with Crippen molar-refractivity contribution >= 4 is 31.9 Å². The molecule has 2 aliphatic rings. The molecule has 0 spiro atoms. The molecular formula is C14H14Br2O. The van der Waals surface area contributed by atoms with Crippen LogP contribution in [0.1, 0.15) is 36.1 Å². The summed E-state index contributed by atoms with van der Waals surface area (Å²) in [6, 6.07) is 0. The van der Waals surface area contributed by atoms with Gasteiger partial charge in [0, 0.05) is 8.95 Å². The van der Waals surface area contributed by atoms with Gasteiger partial charge in [-0.3, -0.25) is 0 Å². The van der Waals surface area contributed by atoms with Gasteiger partial charge in [0.25, 0.3) is 0 Å². The summed E-state index contributed by atoms with van der Waals surface area (Å²) in [7, 11) is 0. The van der Waals surface area contributed by atoms with E-state index in [1.54, 1.807) is 0 Å². The molecule has 0 fully saturated rings. The summed E-state index contributed by atoms with van der Waals surface area (Å²) in [4.78, 5) is 0. The van der Waals surface area contributed by atoms with Gasteiger partial charge in [-0.25, -0.2) is 0 Å². The van der Waals surface area contributed by atoms with E-state index in [0.29, 0.717) is 0 Å². The van der Waals surface area contributed by atoms with Crippen LogP contribution in [0.5, 0.6) is 0 Å². The number of fused-ring (bicyclic) bond motifs is 5. The largest absolute Gasteiger partial charge is 0.351 e. The van der Waals surface area contributed by atoms with Gasteiger partial charge in [-0.15, -0.1) is 0 Å². The average molecular weight is 358 g/mol. The summed E-state index contributed by atoms with van der Waals surface area (Å²) in [6.45, 7) is 8.60. The molecule has 0 aliphatic carbocycles. The van der Waals surface area contributed by atoms with Gasteiger partial charge in [-0.05, 0) is 94.0 Å². The summed E-state index contributed by atoms with van der Waals surface area (Å²) in [5, 5.41) is 0. The highest BCUT2D eigenvalue weighted by Gasteiger charge is 2.52. The molecular weight excluding hydrogens is 344 g/mol. The minimum absolute atomic E-state index is 0.262. The molecule has 3 heteroatoms.